The zero-order valence-corrected chi connectivity index (χ0v) is 26.0. The molecule has 6 aromatic carbocycles. The van der Waals surface area contributed by atoms with E-state index < -0.39 is 0 Å². The normalized spacial score (nSPS) is 13.5. The van der Waals surface area contributed by atoms with Gasteiger partial charge in [-0.05, 0) is 41.0 Å². The zero-order valence-electron chi connectivity index (χ0n) is 26.0. The van der Waals surface area contributed by atoms with Gasteiger partial charge in [0.15, 0.2) is 5.82 Å². The van der Waals surface area contributed by atoms with E-state index in [1.54, 1.807) is 0 Å². The van der Waals surface area contributed by atoms with Gasteiger partial charge in [-0.15, -0.1) is 0 Å². The smallest absolute Gasteiger partial charge is 0.231 e. The standard InChI is InChI=1S/C43H29N3O/c1-43(2)33-20-9-6-18-31(33)37-34(43)24-23-30-29-17-7-10-21-35(29)46(40(30)37)28-16-12-15-27(25-28)39-38-32-19-8-11-22-36(32)47-42(38)45-41(44-39)26-13-4-3-5-14-26/h3-25H,1-2H3. The van der Waals surface area contributed by atoms with Crippen molar-refractivity contribution in [3.8, 4) is 39.5 Å². The lowest BCUT2D eigenvalue weighted by atomic mass is 9.82. The molecule has 1 aliphatic carbocycles. The molecular weight excluding hydrogens is 574 g/mol. The van der Waals surface area contributed by atoms with E-state index in [4.69, 9.17) is 14.4 Å². The first kappa shape index (κ1) is 26.2. The van der Waals surface area contributed by atoms with E-state index in [-0.39, 0.29) is 5.41 Å². The van der Waals surface area contributed by atoms with Crippen LogP contribution in [0.15, 0.2) is 144 Å². The highest BCUT2D eigenvalue weighted by atomic mass is 16.3. The zero-order chi connectivity index (χ0) is 31.3. The SMILES string of the molecule is CC1(C)c2ccccc2-c2c1ccc1c3ccccc3n(-c3cccc(-c4nc(-c5ccccc5)nc5oc6ccccc6c45)c3)c21. The van der Waals surface area contributed by atoms with Crippen molar-refractivity contribution in [2.45, 2.75) is 19.3 Å². The van der Waals surface area contributed by atoms with Gasteiger partial charge in [0, 0.05) is 44.0 Å². The molecule has 0 saturated carbocycles. The van der Waals surface area contributed by atoms with Gasteiger partial charge in [0.2, 0.25) is 5.71 Å². The molecule has 0 amide bonds. The summed E-state index contributed by atoms with van der Waals surface area (Å²) in [6, 6.07) is 49.4. The number of aromatic nitrogens is 3. The fraction of sp³-hybridized carbons (Fsp3) is 0.0698. The van der Waals surface area contributed by atoms with Crippen molar-refractivity contribution in [2.75, 3.05) is 0 Å². The minimum absolute atomic E-state index is 0.0913. The summed E-state index contributed by atoms with van der Waals surface area (Å²) in [6.45, 7) is 4.69. The number of hydrogen-bond acceptors (Lipinski definition) is 3. The van der Waals surface area contributed by atoms with E-state index in [0.29, 0.717) is 11.5 Å². The minimum Gasteiger partial charge on any atom is -0.438 e. The van der Waals surface area contributed by atoms with E-state index in [0.717, 1.165) is 38.9 Å². The maximum atomic E-state index is 6.34. The summed E-state index contributed by atoms with van der Waals surface area (Å²) in [5.41, 5.74) is 13.0. The summed E-state index contributed by atoms with van der Waals surface area (Å²) in [5, 5.41) is 4.44. The summed E-state index contributed by atoms with van der Waals surface area (Å²) in [5.74, 6) is 0.645. The lowest BCUT2D eigenvalue weighted by Crippen LogP contribution is -2.14. The molecule has 1 aliphatic rings. The van der Waals surface area contributed by atoms with Gasteiger partial charge in [0.25, 0.3) is 0 Å². The molecule has 222 valence electrons. The van der Waals surface area contributed by atoms with E-state index in [1.807, 2.05) is 48.5 Å². The van der Waals surface area contributed by atoms with Crippen molar-refractivity contribution in [3.63, 3.8) is 0 Å². The molecule has 0 atom stereocenters. The Morgan fingerprint density at radius 3 is 2.23 bits per heavy atom. The molecule has 3 heterocycles. The third kappa shape index (κ3) is 3.64. The van der Waals surface area contributed by atoms with Crippen molar-refractivity contribution in [1.82, 2.24) is 14.5 Å². The number of fused-ring (bicyclic) bond motifs is 10. The second-order valence-corrected chi connectivity index (χ2v) is 13.0. The number of furan rings is 1. The molecule has 0 radical (unpaired) electrons. The van der Waals surface area contributed by atoms with Crippen LogP contribution in [0.4, 0.5) is 0 Å². The van der Waals surface area contributed by atoms with Crippen LogP contribution in [0, 0.1) is 0 Å². The molecule has 0 spiro atoms. The summed E-state index contributed by atoms with van der Waals surface area (Å²) < 4.78 is 8.79. The topological polar surface area (TPSA) is 43.9 Å². The van der Waals surface area contributed by atoms with E-state index >= 15 is 0 Å². The van der Waals surface area contributed by atoms with Gasteiger partial charge in [-0.25, -0.2) is 4.98 Å². The predicted molar refractivity (Wildman–Crippen MR) is 192 cm³/mol. The van der Waals surface area contributed by atoms with Gasteiger partial charge in [-0.3, -0.25) is 0 Å². The quantitative estimate of drug-likeness (QED) is 0.202. The van der Waals surface area contributed by atoms with Gasteiger partial charge in [0.1, 0.15) is 5.58 Å². The maximum Gasteiger partial charge on any atom is 0.231 e. The van der Waals surface area contributed by atoms with Crippen LogP contribution in [0.3, 0.4) is 0 Å². The Hall–Kier alpha value is -6.00. The van der Waals surface area contributed by atoms with Crippen molar-refractivity contribution in [3.05, 3.63) is 151 Å². The molecule has 0 unspecified atom stereocenters. The first-order valence-corrected chi connectivity index (χ1v) is 16.1. The van der Waals surface area contributed by atoms with Crippen LogP contribution in [0.25, 0.3) is 83.3 Å². The van der Waals surface area contributed by atoms with Gasteiger partial charge in [0.05, 0.1) is 22.1 Å². The van der Waals surface area contributed by atoms with Crippen molar-refractivity contribution in [1.29, 1.82) is 0 Å². The molecule has 4 heteroatoms. The van der Waals surface area contributed by atoms with Crippen molar-refractivity contribution in [2.24, 2.45) is 0 Å². The second kappa shape index (κ2) is 9.51. The summed E-state index contributed by atoms with van der Waals surface area (Å²) in [6.07, 6.45) is 0. The third-order valence-corrected chi connectivity index (χ3v) is 10.0. The molecule has 4 nitrogen and oxygen atoms in total. The Balaban J connectivity index is 1.29. The summed E-state index contributed by atoms with van der Waals surface area (Å²) in [7, 11) is 0. The monoisotopic (exact) mass is 603 g/mol. The molecule has 0 bridgehead atoms. The van der Waals surface area contributed by atoms with Gasteiger partial charge in [-0.2, -0.15) is 4.98 Å². The van der Waals surface area contributed by atoms with E-state index in [1.165, 1.54) is 44.1 Å². The highest BCUT2D eigenvalue weighted by molar-refractivity contribution is 6.16. The van der Waals surface area contributed by atoms with Crippen LogP contribution >= 0.6 is 0 Å². The Morgan fingerprint density at radius 1 is 0.596 bits per heavy atom. The Kier molecular flexibility index (Phi) is 5.31. The molecule has 9 aromatic rings. The van der Waals surface area contributed by atoms with E-state index in [9.17, 15) is 0 Å². The Labute approximate surface area is 271 Å². The Bertz CT molecular complexity index is 2710. The number of benzene rings is 6. The molecule has 0 aliphatic heterocycles. The molecule has 0 saturated heterocycles. The first-order chi connectivity index (χ1) is 23.1. The lowest BCUT2D eigenvalue weighted by Gasteiger charge is -2.21. The number of hydrogen-bond donors (Lipinski definition) is 0. The fourth-order valence-electron chi connectivity index (χ4n) is 7.85. The molecule has 10 rings (SSSR count). The highest BCUT2D eigenvalue weighted by Crippen LogP contribution is 2.53. The summed E-state index contributed by atoms with van der Waals surface area (Å²) >= 11 is 0. The number of nitrogens with zero attached hydrogens (tertiary/aromatic N) is 3. The number of para-hydroxylation sites is 2. The number of rotatable bonds is 3. The van der Waals surface area contributed by atoms with Gasteiger partial charge >= 0.3 is 0 Å². The van der Waals surface area contributed by atoms with Gasteiger partial charge in [-0.1, -0.05) is 129 Å². The molecule has 0 fully saturated rings. The average Bonchev–Trinajstić information content (AvgIpc) is 3.74. The second-order valence-electron chi connectivity index (χ2n) is 13.0. The summed E-state index contributed by atoms with van der Waals surface area (Å²) in [4.78, 5) is 10.2. The Morgan fingerprint density at radius 2 is 1.34 bits per heavy atom. The first-order valence-electron chi connectivity index (χ1n) is 16.1. The van der Waals surface area contributed by atoms with Gasteiger partial charge < -0.3 is 8.98 Å². The van der Waals surface area contributed by atoms with Crippen LogP contribution < -0.4 is 0 Å². The van der Waals surface area contributed by atoms with Crippen LogP contribution in [-0.4, -0.2) is 14.5 Å². The largest absolute Gasteiger partial charge is 0.438 e. The fourth-order valence-corrected chi connectivity index (χ4v) is 7.85. The van der Waals surface area contributed by atoms with Crippen molar-refractivity contribution >= 4 is 43.9 Å². The third-order valence-electron chi connectivity index (χ3n) is 10.0. The van der Waals surface area contributed by atoms with Crippen LogP contribution in [-0.2, 0) is 5.41 Å². The molecule has 47 heavy (non-hydrogen) atoms. The minimum atomic E-state index is -0.0913. The predicted octanol–water partition coefficient (Wildman–Crippen LogP) is 11.1. The van der Waals surface area contributed by atoms with E-state index in [2.05, 4.69) is 109 Å². The lowest BCUT2D eigenvalue weighted by molar-refractivity contribution is 0.653. The molecular formula is C43H29N3O. The highest BCUT2D eigenvalue weighted by Gasteiger charge is 2.37. The average molecular weight is 604 g/mol. The molecule has 0 N–H and O–H groups in total. The van der Waals surface area contributed by atoms with Crippen LogP contribution in [0.1, 0.15) is 25.0 Å². The van der Waals surface area contributed by atoms with Crippen LogP contribution in [0.2, 0.25) is 0 Å². The van der Waals surface area contributed by atoms with Crippen molar-refractivity contribution < 1.29 is 4.42 Å². The van der Waals surface area contributed by atoms with Crippen LogP contribution in [0.5, 0.6) is 0 Å². The maximum absolute atomic E-state index is 6.34. The molecule has 3 aromatic heterocycles.